The van der Waals surface area contributed by atoms with Crippen LogP contribution in [0.3, 0.4) is 0 Å². The Kier molecular flexibility index (Phi) is 8.02. The number of H-pyrrole nitrogens is 1. The molecule has 2 atom stereocenters. The van der Waals surface area contributed by atoms with Gasteiger partial charge in [0.2, 0.25) is 0 Å². The van der Waals surface area contributed by atoms with Crippen LogP contribution >= 0.6 is 11.6 Å². The number of carbonyl (C=O) groups excluding carboxylic acids is 1. The molecule has 1 amide bonds. The van der Waals surface area contributed by atoms with Crippen molar-refractivity contribution < 1.29 is 23.4 Å². The number of amides is 1. The number of benzene rings is 4. The number of hydrogen-bond donors (Lipinski definition) is 2. The number of nitrogens with one attached hydrogen (secondary N) is 2. The number of carbonyl (C=O) groups is 1. The van der Waals surface area contributed by atoms with Gasteiger partial charge in [0.1, 0.15) is 11.6 Å². The first kappa shape index (κ1) is 32.7. The second kappa shape index (κ2) is 12.8. The van der Waals surface area contributed by atoms with Crippen LogP contribution in [0.25, 0.3) is 27.5 Å². The van der Waals surface area contributed by atoms with Crippen LogP contribution in [0.2, 0.25) is 5.02 Å². The normalized spacial score (nSPS) is 19.9. The second-order valence-corrected chi connectivity index (χ2v) is 14.2. The number of anilines is 1. The fourth-order valence-corrected chi connectivity index (χ4v) is 7.50. The molecule has 2 N–H and O–H groups in total. The Bertz CT molecular complexity index is 2420. The van der Waals surface area contributed by atoms with Crippen LogP contribution in [0, 0.1) is 12.7 Å². The lowest BCUT2D eigenvalue weighted by atomic mass is 9.98. The first-order chi connectivity index (χ1) is 25.2. The van der Waals surface area contributed by atoms with Gasteiger partial charge in [-0.05, 0) is 86.0 Å². The molecule has 1 saturated heterocycles. The fourth-order valence-electron chi connectivity index (χ4n) is 7.34. The largest absolute Gasteiger partial charge is 0.444 e. The van der Waals surface area contributed by atoms with Gasteiger partial charge in [-0.1, -0.05) is 29.8 Å². The quantitative estimate of drug-likeness (QED) is 0.164. The summed E-state index contributed by atoms with van der Waals surface area (Å²) in [4.78, 5) is 20.7. The fraction of sp³-hybridized carbons (Fsp3) is 0.275. The number of halogens is 2. The summed E-state index contributed by atoms with van der Waals surface area (Å²) in [6, 6.07) is 21.7. The van der Waals surface area contributed by atoms with Gasteiger partial charge in [0, 0.05) is 59.5 Å². The van der Waals surface area contributed by atoms with Crippen LogP contribution in [0.4, 0.5) is 10.1 Å². The topological polar surface area (TPSA) is 107 Å². The third-order valence-electron chi connectivity index (χ3n) is 10.3. The summed E-state index contributed by atoms with van der Waals surface area (Å²) < 4.78 is 35.6. The first-order valence-corrected chi connectivity index (χ1v) is 17.8. The van der Waals surface area contributed by atoms with Gasteiger partial charge in [-0.2, -0.15) is 5.10 Å². The van der Waals surface area contributed by atoms with Crippen LogP contribution in [0.15, 0.2) is 78.9 Å². The van der Waals surface area contributed by atoms with Crippen molar-refractivity contribution in [2.45, 2.75) is 51.7 Å². The standard InChI is InChI=1S/C40H36ClFN6O4/c1-23-30-18-25(6-10-33(30)46-45-23)39(49)43-27-8-11-35-34(20-27)44-37(48(35)21-28-14-17-50-28)22-47-15-12-24(13-16-47)29-4-3-5-36-38(29)52-40(2,51-36)31-9-7-26(41)19-32(31)42/h3-12,18-20,28H,13-17,21-22H2,1-2H3,(H,43,49)(H,45,46)/t28-,40?/m0/s1. The molecule has 3 aliphatic rings. The van der Waals surface area contributed by atoms with Crippen LogP contribution < -0.4 is 14.8 Å². The molecule has 0 bridgehead atoms. The molecule has 0 aliphatic carbocycles. The summed E-state index contributed by atoms with van der Waals surface area (Å²) in [6.07, 6.45) is 4.18. The number of aryl methyl sites for hydroxylation is 1. The Labute approximate surface area is 304 Å². The number of aromatic nitrogens is 4. The van der Waals surface area contributed by atoms with Crippen LogP contribution in [-0.4, -0.2) is 56.4 Å². The van der Waals surface area contributed by atoms with E-state index in [4.69, 9.17) is 30.8 Å². The number of para-hydroxylation sites is 1. The van der Waals surface area contributed by atoms with Crippen molar-refractivity contribution in [3.05, 3.63) is 118 Å². The molecule has 2 aromatic heterocycles. The van der Waals surface area contributed by atoms with E-state index in [0.717, 1.165) is 77.1 Å². The van der Waals surface area contributed by atoms with Crippen molar-refractivity contribution in [1.82, 2.24) is 24.6 Å². The lowest BCUT2D eigenvalue weighted by Crippen LogP contribution is -2.33. The molecular weight excluding hydrogens is 683 g/mol. The van der Waals surface area contributed by atoms with Gasteiger partial charge in [0.05, 0.1) is 41.3 Å². The smallest absolute Gasteiger partial charge is 0.278 e. The Morgan fingerprint density at radius 2 is 1.98 bits per heavy atom. The van der Waals surface area contributed by atoms with Crippen LogP contribution in [-0.2, 0) is 23.6 Å². The van der Waals surface area contributed by atoms with Gasteiger partial charge in [-0.25, -0.2) is 9.37 Å². The summed E-state index contributed by atoms with van der Waals surface area (Å²) in [6.45, 7) is 7.33. The van der Waals surface area contributed by atoms with Gasteiger partial charge in [-0.3, -0.25) is 14.8 Å². The number of ether oxygens (including phenoxy) is 3. The molecule has 9 rings (SSSR count). The third-order valence-corrected chi connectivity index (χ3v) is 10.5. The molecule has 5 heterocycles. The van der Waals surface area contributed by atoms with Crippen molar-refractivity contribution in [3.8, 4) is 11.5 Å². The zero-order valence-corrected chi connectivity index (χ0v) is 29.5. The molecular formula is C40H36ClFN6O4. The number of rotatable bonds is 8. The predicted molar refractivity (Wildman–Crippen MR) is 197 cm³/mol. The van der Waals surface area contributed by atoms with E-state index < -0.39 is 11.6 Å². The van der Waals surface area contributed by atoms with Crippen LogP contribution in [0.5, 0.6) is 11.5 Å². The highest BCUT2D eigenvalue weighted by Gasteiger charge is 2.42. The van der Waals surface area contributed by atoms with Crippen molar-refractivity contribution in [1.29, 1.82) is 0 Å². The van der Waals surface area contributed by atoms with E-state index in [1.165, 1.54) is 6.07 Å². The van der Waals surface area contributed by atoms with Gasteiger partial charge in [0.25, 0.3) is 11.7 Å². The van der Waals surface area contributed by atoms with Crippen molar-refractivity contribution in [2.75, 3.05) is 25.0 Å². The van der Waals surface area contributed by atoms with Crippen LogP contribution in [0.1, 0.15) is 52.8 Å². The van der Waals surface area contributed by atoms with Crippen molar-refractivity contribution in [3.63, 3.8) is 0 Å². The minimum Gasteiger partial charge on any atom is -0.444 e. The molecule has 0 spiro atoms. The monoisotopic (exact) mass is 718 g/mol. The number of hydrogen-bond acceptors (Lipinski definition) is 7. The van der Waals surface area contributed by atoms with E-state index in [9.17, 15) is 9.18 Å². The zero-order valence-electron chi connectivity index (χ0n) is 28.7. The van der Waals surface area contributed by atoms with Gasteiger partial charge < -0.3 is 24.1 Å². The summed E-state index contributed by atoms with van der Waals surface area (Å²) in [5, 5.41) is 11.5. The zero-order chi connectivity index (χ0) is 35.6. The van der Waals surface area contributed by atoms with Gasteiger partial charge in [-0.15, -0.1) is 0 Å². The molecule has 4 aromatic carbocycles. The Morgan fingerprint density at radius 3 is 2.77 bits per heavy atom. The SMILES string of the molecule is Cc1[nH]nc2ccc(C(=O)Nc3ccc4c(c3)nc(CN3CC=C(c5cccc6c5OC(C)(c5ccc(Cl)cc5F)O6)CC3)n4C[C@@H]3CCO3)cc12. The van der Waals surface area contributed by atoms with E-state index in [1.54, 1.807) is 25.1 Å². The number of fused-ring (bicyclic) bond motifs is 3. The third kappa shape index (κ3) is 5.88. The van der Waals surface area contributed by atoms with E-state index >= 15 is 0 Å². The number of nitrogens with zero attached hydrogens (tertiary/aromatic N) is 4. The maximum absolute atomic E-state index is 14.9. The lowest BCUT2D eigenvalue weighted by molar-refractivity contribution is -0.0708. The highest BCUT2D eigenvalue weighted by Crippen LogP contribution is 2.49. The average molecular weight is 719 g/mol. The molecule has 12 heteroatoms. The summed E-state index contributed by atoms with van der Waals surface area (Å²) in [5.41, 5.74) is 7.19. The van der Waals surface area contributed by atoms with E-state index in [2.05, 4.69) is 31.1 Å². The molecule has 1 fully saturated rings. The highest BCUT2D eigenvalue weighted by atomic mass is 35.5. The number of aromatic amines is 1. The molecule has 10 nitrogen and oxygen atoms in total. The van der Waals surface area contributed by atoms with Gasteiger partial charge in [0.15, 0.2) is 11.5 Å². The molecule has 264 valence electrons. The minimum atomic E-state index is -1.31. The lowest BCUT2D eigenvalue weighted by Gasteiger charge is -2.29. The second-order valence-electron chi connectivity index (χ2n) is 13.8. The molecule has 0 radical (unpaired) electrons. The van der Waals surface area contributed by atoms with E-state index in [-0.39, 0.29) is 17.6 Å². The molecule has 0 saturated carbocycles. The summed E-state index contributed by atoms with van der Waals surface area (Å²) in [7, 11) is 0. The summed E-state index contributed by atoms with van der Waals surface area (Å²) >= 11 is 6.00. The van der Waals surface area contributed by atoms with Crippen molar-refractivity contribution >= 4 is 50.7 Å². The van der Waals surface area contributed by atoms with Crippen molar-refractivity contribution in [2.24, 2.45) is 0 Å². The number of imidazole rings is 1. The maximum Gasteiger partial charge on any atom is 0.278 e. The Morgan fingerprint density at radius 1 is 1.10 bits per heavy atom. The molecule has 1 unspecified atom stereocenters. The molecule has 52 heavy (non-hydrogen) atoms. The first-order valence-electron chi connectivity index (χ1n) is 17.5. The Balaban J connectivity index is 0.935. The summed E-state index contributed by atoms with van der Waals surface area (Å²) in [5.74, 6) is 0.156. The van der Waals surface area contributed by atoms with Gasteiger partial charge >= 0.3 is 0 Å². The molecule has 3 aliphatic heterocycles. The molecule has 6 aromatic rings. The highest BCUT2D eigenvalue weighted by molar-refractivity contribution is 6.30. The van der Waals surface area contributed by atoms with E-state index in [1.807, 2.05) is 55.5 Å². The van der Waals surface area contributed by atoms with E-state index in [0.29, 0.717) is 40.9 Å². The maximum atomic E-state index is 14.9. The minimum absolute atomic E-state index is 0.152. The predicted octanol–water partition coefficient (Wildman–Crippen LogP) is 7.99. The Hall–Kier alpha value is -5.23. The average Bonchev–Trinajstić information content (AvgIpc) is 3.78.